The van der Waals surface area contributed by atoms with Crippen LogP contribution in [-0.4, -0.2) is 31.1 Å². The zero-order valence-corrected chi connectivity index (χ0v) is 15.9. The van der Waals surface area contributed by atoms with Gasteiger partial charge in [-0.05, 0) is 24.3 Å². The number of hydrogen-bond donors (Lipinski definition) is 1. The maximum absolute atomic E-state index is 11.3. The fourth-order valence-corrected chi connectivity index (χ4v) is 3.29. The molecule has 0 aliphatic carbocycles. The largest absolute Gasteiger partial charge is 0.497 e. The van der Waals surface area contributed by atoms with E-state index in [0.29, 0.717) is 45.4 Å². The van der Waals surface area contributed by atoms with E-state index in [1.54, 1.807) is 24.3 Å². The van der Waals surface area contributed by atoms with Crippen molar-refractivity contribution in [2.45, 2.75) is 0 Å². The lowest BCUT2D eigenvalue weighted by atomic mass is 10.0. The van der Waals surface area contributed by atoms with Gasteiger partial charge in [0.05, 0.1) is 26.0 Å². The number of hydrogen-bond acceptors (Lipinski definition) is 8. The first-order valence-corrected chi connectivity index (χ1v) is 9.39. The SMILES string of the molecule is COc1ccc(-c2cnoc2-c2cc(OC)c3c(c2)OCO3)c(O[PH](=O)O)c1. The molecule has 0 radical (unpaired) electrons. The third kappa shape index (κ3) is 3.26. The van der Waals surface area contributed by atoms with Crippen LogP contribution in [-0.2, 0) is 4.57 Å². The highest BCUT2D eigenvalue weighted by molar-refractivity contribution is 7.32. The van der Waals surface area contributed by atoms with Crippen molar-refractivity contribution in [3.05, 3.63) is 36.5 Å². The molecule has 28 heavy (non-hydrogen) atoms. The number of fused-ring (bicyclic) bond motifs is 1. The van der Waals surface area contributed by atoms with E-state index in [4.69, 9.17) is 28.0 Å². The predicted molar refractivity (Wildman–Crippen MR) is 98.5 cm³/mol. The lowest BCUT2D eigenvalue weighted by Gasteiger charge is -2.11. The van der Waals surface area contributed by atoms with Gasteiger partial charge in [0.25, 0.3) is 0 Å². The Morgan fingerprint density at radius 1 is 1.07 bits per heavy atom. The molecular weight excluding hydrogens is 389 g/mol. The van der Waals surface area contributed by atoms with Gasteiger partial charge in [-0.15, -0.1) is 0 Å². The first-order chi connectivity index (χ1) is 13.6. The van der Waals surface area contributed by atoms with Crippen LogP contribution >= 0.6 is 8.25 Å². The fourth-order valence-electron chi connectivity index (χ4n) is 2.93. The number of methoxy groups -OCH3 is 2. The molecule has 3 aromatic rings. The van der Waals surface area contributed by atoms with Crippen LogP contribution in [0, 0.1) is 0 Å². The minimum absolute atomic E-state index is 0.0969. The van der Waals surface area contributed by atoms with E-state index in [-0.39, 0.29) is 12.5 Å². The number of ether oxygens (including phenoxy) is 4. The molecule has 0 amide bonds. The quantitative estimate of drug-likeness (QED) is 0.616. The Kier molecular flexibility index (Phi) is 4.85. The summed E-state index contributed by atoms with van der Waals surface area (Å²) in [5.41, 5.74) is 1.70. The normalized spacial score (nSPS) is 13.2. The molecule has 146 valence electrons. The van der Waals surface area contributed by atoms with Crippen molar-refractivity contribution in [2.24, 2.45) is 0 Å². The van der Waals surface area contributed by atoms with Crippen molar-refractivity contribution < 1.29 is 37.5 Å². The van der Waals surface area contributed by atoms with Crippen molar-refractivity contribution >= 4 is 8.25 Å². The molecule has 1 aliphatic heterocycles. The fraction of sp³-hybridized carbons (Fsp3) is 0.167. The number of aromatic nitrogens is 1. The summed E-state index contributed by atoms with van der Waals surface area (Å²) in [6.45, 7) is 0.0969. The molecule has 1 atom stereocenters. The van der Waals surface area contributed by atoms with Crippen LogP contribution in [0.5, 0.6) is 28.7 Å². The van der Waals surface area contributed by atoms with E-state index in [1.165, 1.54) is 26.5 Å². The molecule has 1 aromatic heterocycles. The minimum Gasteiger partial charge on any atom is -0.497 e. The van der Waals surface area contributed by atoms with E-state index in [2.05, 4.69) is 5.16 Å². The van der Waals surface area contributed by atoms with Gasteiger partial charge in [-0.2, -0.15) is 0 Å². The third-order valence-electron chi connectivity index (χ3n) is 4.17. The number of rotatable bonds is 6. The minimum atomic E-state index is -3.23. The molecular formula is C18H16NO8P. The highest BCUT2D eigenvalue weighted by Gasteiger charge is 2.24. The van der Waals surface area contributed by atoms with E-state index >= 15 is 0 Å². The zero-order chi connectivity index (χ0) is 19.7. The van der Waals surface area contributed by atoms with Gasteiger partial charge in [-0.1, -0.05) is 5.16 Å². The van der Waals surface area contributed by atoms with Crippen molar-refractivity contribution in [3.63, 3.8) is 0 Å². The second kappa shape index (κ2) is 7.46. The lowest BCUT2D eigenvalue weighted by molar-refractivity contribution is 0.171. The maximum atomic E-state index is 11.3. The van der Waals surface area contributed by atoms with Crippen molar-refractivity contribution in [1.29, 1.82) is 0 Å². The number of benzene rings is 2. The van der Waals surface area contributed by atoms with Gasteiger partial charge in [0.1, 0.15) is 11.5 Å². The molecule has 1 unspecified atom stereocenters. The Balaban J connectivity index is 1.84. The molecule has 4 rings (SSSR count). The average Bonchev–Trinajstić information content (AvgIpc) is 3.35. The van der Waals surface area contributed by atoms with E-state index in [9.17, 15) is 9.46 Å². The molecule has 0 bridgehead atoms. The molecule has 2 heterocycles. The van der Waals surface area contributed by atoms with Gasteiger partial charge in [0.15, 0.2) is 17.3 Å². The van der Waals surface area contributed by atoms with E-state index in [1.807, 2.05) is 0 Å². The zero-order valence-electron chi connectivity index (χ0n) is 14.9. The van der Waals surface area contributed by atoms with Crippen LogP contribution < -0.4 is 23.5 Å². The van der Waals surface area contributed by atoms with Gasteiger partial charge in [0, 0.05) is 17.2 Å². The highest BCUT2D eigenvalue weighted by atomic mass is 31.1. The second-order valence-electron chi connectivity index (χ2n) is 5.71. The van der Waals surface area contributed by atoms with Crippen LogP contribution in [0.3, 0.4) is 0 Å². The monoisotopic (exact) mass is 405 g/mol. The summed E-state index contributed by atoms with van der Waals surface area (Å²) < 4.78 is 43.3. The Morgan fingerprint density at radius 3 is 2.68 bits per heavy atom. The van der Waals surface area contributed by atoms with Crippen LogP contribution in [0.4, 0.5) is 0 Å². The molecule has 0 saturated carbocycles. The Morgan fingerprint density at radius 2 is 1.93 bits per heavy atom. The smallest absolute Gasteiger partial charge is 0.365 e. The maximum Gasteiger partial charge on any atom is 0.365 e. The summed E-state index contributed by atoms with van der Waals surface area (Å²) in [5.74, 6) is 2.57. The summed E-state index contributed by atoms with van der Waals surface area (Å²) >= 11 is 0. The first kappa shape index (κ1) is 18.2. The topological polar surface area (TPSA) is 109 Å². The highest BCUT2D eigenvalue weighted by Crippen LogP contribution is 2.47. The van der Waals surface area contributed by atoms with Gasteiger partial charge in [-0.3, -0.25) is 0 Å². The summed E-state index contributed by atoms with van der Waals surface area (Å²) in [5, 5.41) is 3.88. The Labute approximate surface area is 160 Å². The average molecular weight is 405 g/mol. The first-order valence-electron chi connectivity index (χ1n) is 8.12. The molecule has 0 spiro atoms. The van der Waals surface area contributed by atoms with E-state index < -0.39 is 8.25 Å². The Hall–Kier alpha value is -3.16. The molecule has 1 aliphatic rings. The summed E-state index contributed by atoms with van der Waals surface area (Å²) in [6.07, 6.45) is 1.50. The van der Waals surface area contributed by atoms with Gasteiger partial charge in [0.2, 0.25) is 12.5 Å². The van der Waals surface area contributed by atoms with Gasteiger partial charge in [-0.25, -0.2) is 4.57 Å². The van der Waals surface area contributed by atoms with Gasteiger partial charge < -0.3 is 32.9 Å². The predicted octanol–water partition coefficient (Wildman–Crippen LogP) is 3.52. The molecule has 2 aromatic carbocycles. The van der Waals surface area contributed by atoms with Crippen LogP contribution in [0.25, 0.3) is 22.5 Å². The summed E-state index contributed by atoms with van der Waals surface area (Å²) in [6, 6.07) is 8.39. The Bertz CT molecular complexity index is 1050. The van der Waals surface area contributed by atoms with Crippen LogP contribution in [0.2, 0.25) is 0 Å². The third-order valence-corrected chi connectivity index (χ3v) is 4.56. The van der Waals surface area contributed by atoms with Crippen LogP contribution in [0.1, 0.15) is 0 Å². The second-order valence-corrected chi connectivity index (χ2v) is 6.45. The van der Waals surface area contributed by atoms with Crippen molar-refractivity contribution in [1.82, 2.24) is 5.16 Å². The number of nitrogens with zero attached hydrogens (tertiary/aromatic N) is 1. The molecule has 9 nitrogen and oxygen atoms in total. The van der Waals surface area contributed by atoms with E-state index in [0.717, 1.165) is 0 Å². The van der Waals surface area contributed by atoms with Gasteiger partial charge >= 0.3 is 8.25 Å². The molecule has 0 saturated heterocycles. The van der Waals surface area contributed by atoms with Crippen molar-refractivity contribution in [3.8, 4) is 51.2 Å². The summed E-state index contributed by atoms with van der Waals surface area (Å²) in [7, 11) is -0.217. The lowest BCUT2D eigenvalue weighted by Crippen LogP contribution is -1.93. The summed E-state index contributed by atoms with van der Waals surface area (Å²) in [4.78, 5) is 9.25. The van der Waals surface area contributed by atoms with Crippen LogP contribution in [0.15, 0.2) is 41.1 Å². The molecule has 0 fully saturated rings. The molecule has 1 N–H and O–H groups in total. The van der Waals surface area contributed by atoms with Crippen molar-refractivity contribution in [2.75, 3.05) is 21.0 Å². The molecule has 10 heteroatoms. The standard InChI is InChI=1S/C18H16NO8P/c1-22-11-3-4-12(14(7-11)27-28(20)21)13-8-19-26-17(13)10-5-15(23-2)18-16(6-10)24-9-25-18/h3-8,28H,9H2,1-2H3,(H,20,21).